The molecule has 1 fully saturated rings. The van der Waals surface area contributed by atoms with E-state index in [4.69, 9.17) is 4.98 Å². The molecule has 1 aliphatic heterocycles. The predicted octanol–water partition coefficient (Wildman–Crippen LogP) is 1.38. The Bertz CT molecular complexity index is 988. The molecule has 142 valence electrons. The number of fused-ring (bicyclic) bond motifs is 1. The molecular weight excluding hydrogens is 344 g/mol. The van der Waals surface area contributed by atoms with Gasteiger partial charge in [-0.05, 0) is 39.3 Å². The van der Waals surface area contributed by atoms with Gasteiger partial charge in [-0.15, -0.1) is 5.10 Å². The molecule has 0 amide bonds. The maximum Gasteiger partial charge on any atom is 0.263 e. The van der Waals surface area contributed by atoms with Crippen molar-refractivity contribution in [2.45, 2.75) is 32.7 Å². The van der Waals surface area contributed by atoms with E-state index in [0.29, 0.717) is 17.0 Å². The Balaban J connectivity index is 1.63. The van der Waals surface area contributed by atoms with E-state index in [1.54, 1.807) is 12.4 Å². The monoisotopic (exact) mass is 368 g/mol. The van der Waals surface area contributed by atoms with Gasteiger partial charge < -0.3 is 9.80 Å². The van der Waals surface area contributed by atoms with E-state index in [9.17, 15) is 4.79 Å². The summed E-state index contributed by atoms with van der Waals surface area (Å²) >= 11 is 0. The fourth-order valence-electron chi connectivity index (χ4n) is 3.37. The third-order valence-corrected chi connectivity index (χ3v) is 4.74. The van der Waals surface area contributed by atoms with Crippen molar-refractivity contribution in [2.24, 2.45) is 0 Å². The van der Waals surface area contributed by atoms with E-state index in [0.717, 1.165) is 38.4 Å². The average molecular weight is 368 g/mol. The van der Waals surface area contributed by atoms with Gasteiger partial charge in [0.05, 0.1) is 11.7 Å². The summed E-state index contributed by atoms with van der Waals surface area (Å²) in [6.07, 6.45) is 4.21. The summed E-state index contributed by atoms with van der Waals surface area (Å²) in [5.41, 5.74) is 0.221. The van der Waals surface area contributed by atoms with Crippen molar-refractivity contribution in [3.8, 4) is 0 Å². The number of aromatic amines is 1. The van der Waals surface area contributed by atoms with E-state index in [1.807, 2.05) is 37.6 Å². The smallest absolute Gasteiger partial charge is 0.263 e. The summed E-state index contributed by atoms with van der Waals surface area (Å²) in [6.45, 7) is 9.39. The van der Waals surface area contributed by atoms with Crippen molar-refractivity contribution < 1.29 is 0 Å². The van der Waals surface area contributed by atoms with Crippen LogP contribution in [0.3, 0.4) is 0 Å². The molecule has 9 heteroatoms. The van der Waals surface area contributed by atoms with E-state index in [2.05, 4.69) is 30.1 Å². The van der Waals surface area contributed by atoms with Crippen LogP contribution < -0.4 is 15.4 Å². The largest absolute Gasteiger partial charge is 0.353 e. The molecule has 0 atom stereocenters. The summed E-state index contributed by atoms with van der Waals surface area (Å²) in [6, 6.07) is 3.86. The molecule has 0 aliphatic carbocycles. The second-order valence-corrected chi connectivity index (χ2v) is 7.76. The number of anilines is 2. The highest BCUT2D eigenvalue weighted by atomic mass is 16.1. The van der Waals surface area contributed by atoms with Crippen molar-refractivity contribution in [1.29, 1.82) is 0 Å². The van der Waals surface area contributed by atoms with Gasteiger partial charge in [-0.1, -0.05) is 0 Å². The van der Waals surface area contributed by atoms with Crippen LogP contribution in [0.2, 0.25) is 0 Å². The number of rotatable bonds is 2. The van der Waals surface area contributed by atoms with Crippen LogP contribution in [0.4, 0.5) is 11.8 Å². The van der Waals surface area contributed by atoms with Crippen molar-refractivity contribution in [1.82, 2.24) is 29.9 Å². The number of nitrogens with zero attached hydrogens (tertiary/aromatic N) is 7. The summed E-state index contributed by atoms with van der Waals surface area (Å²) in [7, 11) is 0. The standard InChI is InChI=1S/C18H24N8O/c1-18(2,3)26-15-13(12-20-26)16(27)22-17(21-15)25-9-5-8-24(10-11-25)14-6-4-7-19-23-14/h4,6-7,12H,5,8-11H2,1-3H3,(H,21,22,27). The minimum absolute atomic E-state index is 0.152. The Morgan fingerprint density at radius 1 is 1.11 bits per heavy atom. The fraction of sp³-hybridized carbons (Fsp3) is 0.500. The van der Waals surface area contributed by atoms with Crippen LogP contribution in [0.25, 0.3) is 11.0 Å². The van der Waals surface area contributed by atoms with Crippen molar-refractivity contribution in [2.75, 3.05) is 36.0 Å². The molecule has 0 aromatic carbocycles. The first kappa shape index (κ1) is 17.4. The van der Waals surface area contributed by atoms with Gasteiger partial charge in [0.15, 0.2) is 11.5 Å². The lowest BCUT2D eigenvalue weighted by Crippen LogP contribution is -2.33. The van der Waals surface area contributed by atoms with Gasteiger partial charge in [-0.2, -0.15) is 15.2 Å². The number of nitrogens with one attached hydrogen (secondary N) is 1. The summed E-state index contributed by atoms with van der Waals surface area (Å²) in [4.78, 5) is 24.6. The topological polar surface area (TPSA) is 95.8 Å². The Labute approximate surface area is 157 Å². The molecule has 4 rings (SSSR count). The molecule has 3 aromatic rings. The first-order valence-corrected chi connectivity index (χ1v) is 9.19. The number of hydrogen-bond donors (Lipinski definition) is 1. The normalized spacial score (nSPS) is 16.0. The second-order valence-electron chi connectivity index (χ2n) is 7.76. The third-order valence-electron chi connectivity index (χ3n) is 4.74. The molecule has 3 aromatic heterocycles. The highest BCUT2D eigenvalue weighted by Gasteiger charge is 2.22. The highest BCUT2D eigenvalue weighted by molar-refractivity contribution is 5.74. The minimum Gasteiger partial charge on any atom is -0.353 e. The molecule has 4 heterocycles. The van der Waals surface area contributed by atoms with Crippen LogP contribution in [-0.2, 0) is 5.54 Å². The van der Waals surface area contributed by atoms with E-state index < -0.39 is 0 Å². The average Bonchev–Trinajstić information content (AvgIpc) is 2.93. The quantitative estimate of drug-likeness (QED) is 0.730. The Kier molecular flexibility index (Phi) is 4.29. The van der Waals surface area contributed by atoms with Crippen LogP contribution in [-0.4, -0.2) is 56.1 Å². The van der Waals surface area contributed by atoms with Crippen molar-refractivity contribution in [3.63, 3.8) is 0 Å². The Morgan fingerprint density at radius 3 is 2.63 bits per heavy atom. The third kappa shape index (κ3) is 3.36. The van der Waals surface area contributed by atoms with Gasteiger partial charge in [-0.25, -0.2) is 4.68 Å². The van der Waals surface area contributed by atoms with Crippen LogP contribution in [0, 0.1) is 0 Å². The molecule has 1 N–H and O–H groups in total. The van der Waals surface area contributed by atoms with Gasteiger partial charge >= 0.3 is 0 Å². The van der Waals surface area contributed by atoms with Gasteiger partial charge in [0, 0.05) is 32.4 Å². The minimum atomic E-state index is -0.249. The van der Waals surface area contributed by atoms with Crippen LogP contribution >= 0.6 is 0 Å². The van der Waals surface area contributed by atoms with Crippen molar-refractivity contribution >= 4 is 22.8 Å². The molecule has 27 heavy (non-hydrogen) atoms. The lowest BCUT2D eigenvalue weighted by atomic mass is 10.1. The van der Waals surface area contributed by atoms with Gasteiger partial charge in [0.25, 0.3) is 5.56 Å². The molecule has 0 saturated carbocycles. The molecule has 0 unspecified atom stereocenters. The van der Waals surface area contributed by atoms with E-state index in [1.165, 1.54) is 0 Å². The SMILES string of the molecule is CC(C)(C)n1ncc2c(=O)[nH]c(N3CCCN(c4cccnn4)CC3)nc21. The van der Waals surface area contributed by atoms with Gasteiger partial charge in [0.2, 0.25) is 5.95 Å². The fourth-order valence-corrected chi connectivity index (χ4v) is 3.37. The summed E-state index contributed by atoms with van der Waals surface area (Å²) < 4.78 is 1.81. The van der Waals surface area contributed by atoms with Crippen molar-refractivity contribution in [3.05, 3.63) is 34.9 Å². The van der Waals surface area contributed by atoms with Crippen LogP contribution in [0.1, 0.15) is 27.2 Å². The van der Waals surface area contributed by atoms with Crippen LogP contribution in [0.5, 0.6) is 0 Å². The molecule has 0 bridgehead atoms. The molecule has 9 nitrogen and oxygen atoms in total. The van der Waals surface area contributed by atoms with Crippen LogP contribution in [0.15, 0.2) is 29.3 Å². The highest BCUT2D eigenvalue weighted by Crippen LogP contribution is 2.21. The zero-order chi connectivity index (χ0) is 19.0. The first-order valence-electron chi connectivity index (χ1n) is 9.19. The van der Waals surface area contributed by atoms with Gasteiger partial charge in [0.1, 0.15) is 5.39 Å². The summed E-state index contributed by atoms with van der Waals surface area (Å²) in [5.74, 6) is 1.47. The number of aromatic nitrogens is 6. The lowest BCUT2D eigenvalue weighted by Gasteiger charge is -2.23. The first-order chi connectivity index (χ1) is 12.9. The lowest BCUT2D eigenvalue weighted by molar-refractivity contribution is 0.366. The van der Waals surface area contributed by atoms with Gasteiger partial charge in [-0.3, -0.25) is 9.78 Å². The van der Waals surface area contributed by atoms with E-state index >= 15 is 0 Å². The zero-order valence-corrected chi connectivity index (χ0v) is 15.9. The zero-order valence-electron chi connectivity index (χ0n) is 15.9. The number of H-pyrrole nitrogens is 1. The molecule has 1 saturated heterocycles. The summed E-state index contributed by atoms with van der Waals surface area (Å²) in [5, 5.41) is 13.1. The van der Waals surface area contributed by atoms with E-state index in [-0.39, 0.29) is 11.1 Å². The number of hydrogen-bond acceptors (Lipinski definition) is 7. The maximum atomic E-state index is 12.5. The Morgan fingerprint density at radius 2 is 1.89 bits per heavy atom. The second kappa shape index (κ2) is 6.64. The molecular formula is C18H24N8O. The molecule has 0 radical (unpaired) electrons. The Hall–Kier alpha value is -2.97. The molecule has 0 spiro atoms. The molecule has 1 aliphatic rings. The maximum absolute atomic E-state index is 12.5. The predicted molar refractivity (Wildman–Crippen MR) is 104 cm³/mol.